The highest BCUT2D eigenvalue weighted by atomic mass is 14.9. The van der Waals surface area contributed by atoms with Gasteiger partial charge in [-0.1, -0.05) is 127 Å². The molecule has 3 aromatic heterocycles. The monoisotopic (exact) mass is 645 g/mol. The first-order valence-corrected chi connectivity index (χ1v) is 16.3. The van der Waals surface area contributed by atoms with Crippen LogP contribution >= 0.6 is 0 Å². The molecule has 0 atom stereocenters. The summed E-state index contributed by atoms with van der Waals surface area (Å²) >= 11 is 0. The van der Waals surface area contributed by atoms with Gasteiger partial charge in [-0.2, -0.15) is 0 Å². The normalized spacial score (nSPS) is 11.0. The van der Waals surface area contributed by atoms with E-state index >= 15 is 0 Å². The first-order chi connectivity index (χ1) is 24.6. The molecule has 4 N–H and O–H groups in total. The van der Waals surface area contributed by atoms with Crippen molar-refractivity contribution in [2.75, 3.05) is 11.5 Å². The average molecular weight is 646 g/mol. The number of rotatable bonds is 7. The zero-order valence-corrected chi connectivity index (χ0v) is 27.0. The van der Waals surface area contributed by atoms with Crippen LogP contribution in [0.15, 0.2) is 164 Å². The van der Waals surface area contributed by atoms with E-state index in [1.807, 2.05) is 127 Å². The molecule has 8 rings (SSSR count). The maximum atomic E-state index is 6.60. The molecule has 3 heterocycles. The maximum absolute atomic E-state index is 6.60. The van der Waals surface area contributed by atoms with Crippen molar-refractivity contribution in [1.29, 1.82) is 0 Å². The summed E-state index contributed by atoms with van der Waals surface area (Å²) in [6, 6.07) is 50.3. The lowest BCUT2D eigenvalue weighted by molar-refractivity contribution is 1.21. The Balaban J connectivity index is 1.25. The van der Waals surface area contributed by atoms with Crippen LogP contribution in [0.1, 0.15) is 0 Å². The number of benzene rings is 5. The third-order valence-corrected chi connectivity index (χ3v) is 8.53. The van der Waals surface area contributed by atoms with E-state index in [4.69, 9.17) is 31.4 Å². The number of anilines is 2. The van der Waals surface area contributed by atoms with Crippen molar-refractivity contribution in [2.24, 2.45) is 0 Å². The number of pyridine rings is 1. The summed E-state index contributed by atoms with van der Waals surface area (Å²) in [5.41, 5.74) is 24.7. The zero-order chi connectivity index (χ0) is 33.9. The number of nitrogens with two attached hydrogens (primary N) is 2. The summed E-state index contributed by atoms with van der Waals surface area (Å²) in [5, 5.41) is 0. The average Bonchev–Trinajstić information content (AvgIpc) is 3.19. The minimum Gasteiger partial charge on any atom is -0.382 e. The summed E-state index contributed by atoms with van der Waals surface area (Å²) in [6.07, 6.45) is 3.52. The first-order valence-electron chi connectivity index (χ1n) is 16.3. The third kappa shape index (κ3) is 5.95. The van der Waals surface area contributed by atoms with Gasteiger partial charge in [-0.25, -0.2) is 19.9 Å². The molecule has 7 heteroatoms. The smallest absolute Gasteiger partial charge is 0.150 e. The van der Waals surface area contributed by atoms with E-state index in [0.717, 1.165) is 50.2 Å². The largest absolute Gasteiger partial charge is 0.382 e. The highest BCUT2D eigenvalue weighted by Gasteiger charge is 2.19. The Morgan fingerprint density at radius 2 is 0.660 bits per heavy atom. The van der Waals surface area contributed by atoms with Crippen molar-refractivity contribution in [3.8, 4) is 78.7 Å². The Hall–Kier alpha value is -6.99. The minimum atomic E-state index is 0.357. The van der Waals surface area contributed by atoms with Gasteiger partial charge in [0.1, 0.15) is 17.1 Å². The van der Waals surface area contributed by atoms with Crippen LogP contribution in [0.4, 0.5) is 11.6 Å². The Kier molecular flexibility index (Phi) is 8.05. The van der Waals surface area contributed by atoms with E-state index in [9.17, 15) is 0 Å². The van der Waals surface area contributed by atoms with Gasteiger partial charge in [-0.3, -0.25) is 4.98 Å². The van der Waals surface area contributed by atoms with E-state index in [0.29, 0.717) is 40.1 Å². The van der Waals surface area contributed by atoms with Crippen molar-refractivity contribution >= 4 is 11.6 Å². The van der Waals surface area contributed by atoms with E-state index < -0.39 is 0 Å². The summed E-state index contributed by atoms with van der Waals surface area (Å²) in [4.78, 5) is 24.4. The number of hydrogen-bond donors (Lipinski definition) is 2. The van der Waals surface area contributed by atoms with Crippen LogP contribution in [0.5, 0.6) is 0 Å². The second kappa shape index (κ2) is 13.3. The van der Waals surface area contributed by atoms with Crippen molar-refractivity contribution in [3.63, 3.8) is 0 Å². The van der Waals surface area contributed by atoms with Gasteiger partial charge in [-0.15, -0.1) is 0 Å². The highest BCUT2D eigenvalue weighted by molar-refractivity contribution is 5.87. The van der Waals surface area contributed by atoms with E-state index in [1.54, 1.807) is 12.4 Å². The molecule has 0 saturated carbocycles. The molecule has 5 aromatic carbocycles. The van der Waals surface area contributed by atoms with Crippen molar-refractivity contribution in [3.05, 3.63) is 164 Å². The fourth-order valence-corrected chi connectivity index (χ4v) is 6.11. The Labute approximate surface area is 290 Å². The molecular formula is C43H31N7. The Morgan fingerprint density at radius 3 is 1.12 bits per heavy atom. The molecule has 0 aliphatic heterocycles. The van der Waals surface area contributed by atoms with Crippen LogP contribution in [0, 0.1) is 0 Å². The fraction of sp³-hybridized carbons (Fsp3) is 0. The molecule has 0 fully saturated rings. The van der Waals surface area contributed by atoms with Crippen molar-refractivity contribution < 1.29 is 0 Å². The Morgan fingerprint density at radius 1 is 0.300 bits per heavy atom. The maximum Gasteiger partial charge on any atom is 0.150 e. The minimum absolute atomic E-state index is 0.357. The molecule has 238 valence electrons. The molecule has 0 amide bonds. The lowest BCUT2D eigenvalue weighted by Gasteiger charge is -2.15. The van der Waals surface area contributed by atoms with Crippen LogP contribution in [0.25, 0.3) is 78.7 Å². The molecule has 0 unspecified atom stereocenters. The quantitative estimate of drug-likeness (QED) is 0.177. The first kappa shape index (κ1) is 30.4. The molecule has 8 aromatic rings. The standard InChI is InChI=1S/C43H31N7/c44-42-40(29-15-6-2-7-16-29)47-36(28-13-4-1-5-14-28)38(49-42)34-22-11-20-32(26-34)31-19-10-21-33(25-31)37-39(35-23-12-24-46-27-35)50-43(45)41(48-37)30-17-8-3-9-18-30/h1-27H,(H2,44,49)(H2,45,50). The van der Waals surface area contributed by atoms with Gasteiger partial charge in [0.05, 0.1) is 17.1 Å². The molecule has 50 heavy (non-hydrogen) atoms. The summed E-state index contributed by atoms with van der Waals surface area (Å²) < 4.78 is 0. The predicted octanol–water partition coefficient (Wildman–Crippen LogP) is 9.49. The molecule has 7 nitrogen and oxygen atoms in total. The molecule has 0 radical (unpaired) electrons. The van der Waals surface area contributed by atoms with Gasteiger partial charge in [-0.05, 0) is 35.4 Å². The number of hydrogen-bond acceptors (Lipinski definition) is 7. The summed E-state index contributed by atoms with van der Waals surface area (Å²) in [7, 11) is 0. The zero-order valence-electron chi connectivity index (χ0n) is 27.0. The van der Waals surface area contributed by atoms with E-state index in [2.05, 4.69) is 29.2 Å². The second-order valence-electron chi connectivity index (χ2n) is 11.8. The van der Waals surface area contributed by atoms with E-state index in [-0.39, 0.29) is 0 Å². The molecule has 0 bridgehead atoms. The van der Waals surface area contributed by atoms with Crippen LogP contribution in [-0.4, -0.2) is 24.9 Å². The molecule has 0 aliphatic carbocycles. The van der Waals surface area contributed by atoms with Gasteiger partial charge in [0.15, 0.2) is 11.6 Å². The second-order valence-corrected chi connectivity index (χ2v) is 11.8. The summed E-state index contributed by atoms with van der Waals surface area (Å²) in [6.45, 7) is 0. The van der Waals surface area contributed by atoms with Crippen molar-refractivity contribution in [1.82, 2.24) is 24.9 Å². The number of aromatic nitrogens is 5. The highest BCUT2D eigenvalue weighted by Crippen LogP contribution is 2.38. The topological polar surface area (TPSA) is 116 Å². The SMILES string of the molecule is Nc1nc(-c2cccc(-c3cccc(-c4nc(-c5ccccc5)c(N)nc4-c4cccnc4)c3)c2)c(-c2ccccc2)nc1-c1ccccc1. The number of nitrogen functional groups attached to an aromatic ring is 2. The molecule has 0 aliphatic rings. The predicted molar refractivity (Wildman–Crippen MR) is 202 cm³/mol. The molecule has 0 saturated heterocycles. The third-order valence-electron chi connectivity index (χ3n) is 8.53. The molecular weight excluding hydrogens is 615 g/mol. The molecule has 0 spiro atoms. The van der Waals surface area contributed by atoms with Crippen LogP contribution in [-0.2, 0) is 0 Å². The lowest BCUT2D eigenvalue weighted by atomic mass is 9.96. The van der Waals surface area contributed by atoms with Gasteiger partial charge in [0, 0.05) is 45.8 Å². The van der Waals surface area contributed by atoms with Gasteiger partial charge in [0.2, 0.25) is 0 Å². The van der Waals surface area contributed by atoms with Crippen LogP contribution in [0.2, 0.25) is 0 Å². The van der Waals surface area contributed by atoms with Gasteiger partial charge >= 0.3 is 0 Å². The number of nitrogens with zero attached hydrogens (tertiary/aromatic N) is 5. The van der Waals surface area contributed by atoms with E-state index in [1.165, 1.54) is 0 Å². The summed E-state index contributed by atoms with van der Waals surface area (Å²) in [5.74, 6) is 0.730. The fourth-order valence-electron chi connectivity index (χ4n) is 6.11. The lowest BCUT2D eigenvalue weighted by Crippen LogP contribution is -2.03. The van der Waals surface area contributed by atoms with Crippen LogP contribution < -0.4 is 11.5 Å². The Bertz CT molecular complexity index is 2430. The van der Waals surface area contributed by atoms with Gasteiger partial charge < -0.3 is 11.5 Å². The van der Waals surface area contributed by atoms with Gasteiger partial charge in [0.25, 0.3) is 0 Å². The van der Waals surface area contributed by atoms with Crippen LogP contribution in [0.3, 0.4) is 0 Å². The van der Waals surface area contributed by atoms with Crippen molar-refractivity contribution in [2.45, 2.75) is 0 Å².